The summed E-state index contributed by atoms with van der Waals surface area (Å²) in [6.45, 7) is 0. The minimum absolute atomic E-state index is 0.223. The first-order valence-corrected chi connectivity index (χ1v) is 7.22. The van der Waals surface area contributed by atoms with Crippen molar-refractivity contribution in [3.8, 4) is 11.5 Å². The number of rotatable bonds is 4. The van der Waals surface area contributed by atoms with Crippen LogP contribution in [0, 0.1) is 3.57 Å². The summed E-state index contributed by atoms with van der Waals surface area (Å²) in [5.41, 5.74) is 7.42. The Kier molecular flexibility index (Phi) is 4.89. The maximum Gasteiger partial charge on any atom is 0.256 e. The molecule has 0 aliphatic heterocycles. The minimum atomic E-state index is -0.223. The van der Waals surface area contributed by atoms with E-state index in [2.05, 4.69) is 27.9 Å². The fourth-order valence-corrected chi connectivity index (χ4v) is 2.47. The van der Waals surface area contributed by atoms with Gasteiger partial charge in [0.25, 0.3) is 5.91 Å². The molecule has 0 aliphatic rings. The number of anilines is 2. The summed E-state index contributed by atoms with van der Waals surface area (Å²) in [5, 5.41) is 2.79. The maximum atomic E-state index is 12.3. The van der Waals surface area contributed by atoms with Crippen LogP contribution >= 0.6 is 22.6 Å². The molecule has 0 aliphatic carbocycles. The Balaban J connectivity index is 2.31. The van der Waals surface area contributed by atoms with E-state index in [-0.39, 0.29) is 5.91 Å². The molecule has 21 heavy (non-hydrogen) atoms. The molecule has 0 aromatic heterocycles. The van der Waals surface area contributed by atoms with Gasteiger partial charge in [-0.05, 0) is 34.7 Å². The monoisotopic (exact) mass is 398 g/mol. The molecule has 0 spiro atoms. The molecular weight excluding hydrogens is 383 g/mol. The molecule has 2 aromatic rings. The van der Waals surface area contributed by atoms with Crippen molar-refractivity contribution in [1.29, 1.82) is 0 Å². The number of carbonyl (C=O) groups is 1. The normalized spacial score (nSPS) is 10.0. The lowest BCUT2D eigenvalue weighted by molar-refractivity contribution is 0.102. The molecule has 6 heteroatoms. The highest BCUT2D eigenvalue weighted by atomic mass is 127. The molecule has 0 fully saturated rings. The molecule has 0 saturated heterocycles. The van der Waals surface area contributed by atoms with Crippen LogP contribution in [0.25, 0.3) is 0 Å². The summed E-state index contributed by atoms with van der Waals surface area (Å²) in [4.78, 5) is 12.3. The van der Waals surface area contributed by atoms with Crippen molar-refractivity contribution < 1.29 is 14.3 Å². The van der Waals surface area contributed by atoms with Gasteiger partial charge in [-0.1, -0.05) is 12.1 Å². The Hall–Kier alpha value is -1.96. The SMILES string of the molecule is COc1cc(N)c(NC(=O)c2ccccc2I)cc1OC. The third kappa shape index (κ3) is 3.38. The zero-order chi connectivity index (χ0) is 15.4. The van der Waals surface area contributed by atoms with Crippen LogP contribution in [0.15, 0.2) is 36.4 Å². The number of hydrogen-bond acceptors (Lipinski definition) is 4. The lowest BCUT2D eigenvalue weighted by atomic mass is 10.2. The first-order chi connectivity index (χ1) is 10.1. The number of hydrogen-bond donors (Lipinski definition) is 2. The van der Waals surface area contributed by atoms with E-state index in [1.807, 2.05) is 18.2 Å². The Morgan fingerprint density at radius 1 is 1.14 bits per heavy atom. The molecule has 2 aromatic carbocycles. The number of benzene rings is 2. The Morgan fingerprint density at radius 3 is 2.38 bits per heavy atom. The fraction of sp³-hybridized carbons (Fsp3) is 0.133. The van der Waals surface area contributed by atoms with Gasteiger partial charge in [0, 0.05) is 15.7 Å². The van der Waals surface area contributed by atoms with Gasteiger partial charge in [-0.3, -0.25) is 4.79 Å². The number of halogens is 1. The van der Waals surface area contributed by atoms with Crippen LogP contribution in [0.3, 0.4) is 0 Å². The van der Waals surface area contributed by atoms with Gasteiger partial charge in [-0.25, -0.2) is 0 Å². The number of methoxy groups -OCH3 is 2. The molecule has 1 amide bonds. The van der Waals surface area contributed by atoms with Crippen molar-refractivity contribution in [2.45, 2.75) is 0 Å². The van der Waals surface area contributed by atoms with Gasteiger partial charge in [-0.15, -0.1) is 0 Å². The lowest BCUT2D eigenvalue weighted by Crippen LogP contribution is -2.14. The number of carbonyl (C=O) groups excluding carboxylic acids is 1. The van der Waals surface area contributed by atoms with Crippen molar-refractivity contribution in [3.05, 3.63) is 45.5 Å². The fourth-order valence-electron chi connectivity index (χ4n) is 1.84. The number of amides is 1. The van der Waals surface area contributed by atoms with Crippen LogP contribution in [0.1, 0.15) is 10.4 Å². The minimum Gasteiger partial charge on any atom is -0.493 e. The van der Waals surface area contributed by atoms with E-state index in [9.17, 15) is 4.79 Å². The average Bonchev–Trinajstić information content (AvgIpc) is 2.49. The van der Waals surface area contributed by atoms with Crippen molar-refractivity contribution in [1.82, 2.24) is 0 Å². The zero-order valence-electron chi connectivity index (χ0n) is 11.6. The lowest BCUT2D eigenvalue weighted by Gasteiger charge is -2.13. The summed E-state index contributed by atoms with van der Waals surface area (Å²) in [6, 6.07) is 10.6. The number of nitrogens with one attached hydrogen (secondary N) is 1. The summed E-state index contributed by atoms with van der Waals surface area (Å²) >= 11 is 2.12. The molecule has 0 unspecified atom stereocenters. The second-order valence-corrected chi connectivity index (χ2v) is 5.39. The predicted molar refractivity (Wildman–Crippen MR) is 91.1 cm³/mol. The average molecular weight is 398 g/mol. The van der Waals surface area contributed by atoms with Crippen LogP contribution < -0.4 is 20.5 Å². The summed E-state index contributed by atoms with van der Waals surface area (Å²) in [5.74, 6) is 0.797. The molecule has 0 radical (unpaired) electrons. The van der Waals surface area contributed by atoms with Crippen LogP contribution in [0.4, 0.5) is 11.4 Å². The Bertz CT molecular complexity index is 674. The Morgan fingerprint density at radius 2 is 1.76 bits per heavy atom. The van der Waals surface area contributed by atoms with Gasteiger partial charge in [0.15, 0.2) is 11.5 Å². The van der Waals surface area contributed by atoms with Gasteiger partial charge in [-0.2, -0.15) is 0 Å². The predicted octanol–water partition coefficient (Wildman–Crippen LogP) is 3.14. The molecule has 3 N–H and O–H groups in total. The quantitative estimate of drug-likeness (QED) is 0.613. The first-order valence-electron chi connectivity index (χ1n) is 6.14. The van der Waals surface area contributed by atoms with Crippen molar-refractivity contribution in [2.24, 2.45) is 0 Å². The van der Waals surface area contributed by atoms with Crippen molar-refractivity contribution >= 4 is 39.9 Å². The number of nitrogen functional groups attached to an aromatic ring is 1. The van der Waals surface area contributed by atoms with E-state index >= 15 is 0 Å². The van der Waals surface area contributed by atoms with Crippen LogP contribution in [-0.2, 0) is 0 Å². The highest BCUT2D eigenvalue weighted by molar-refractivity contribution is 14.1. The summed E-state index contributed by atoms with van der Waals surface area (Å²) in [6.07, 6.45) is 0. The molecule has 0 heterocycles. The topological polar surface area (TPSA) is 73.6 Å². The van der Waals surface area contributed by atoms with Gasteiger partial charge < -0.3 is 20.5 Å². The molecule has 2 rings (SSSR count). The standard InChI is InChI=1S/C15H15IN2O3/c1-20-13-7-11(17)12(8-14(13)21-2)18-15(19)9-5-3-4-6-10(9)16/h3-8H,17H2,1-2H3,(H,18,19). The van der Waals surface area contributed by atoms with Gasteiger partial charge >= 0.3 is 0 Å². The third-order valence-electron chi connectivity index (χ3n) is 2.92. The molecule has 0 atom stereocenters. The highest BCUT2D eigenvalue weighted by Gasteiger charge is 2.14. The van der Waals surface area contributed by atoms with E-state index in [0.29, 0.717) is 28.4 Å². The second-order valence-electron chi connectivity index (χ2n) is 4.23. The van der Waals surface area contributed by atoms with Gasteiger partial charge in [0.2, 0.25) is 0 Å². The smallest absolute Gasteiger partial charge is 0.256 e. The van der Waals surface area contributed by atoms with Crippen molar-refractivity contribution in [2.75, 3.05) is 25.3 Å². The largest absolute Gasteiger partial charge is 0.493 e. The van der Waals surface area contributed by atoms with E-state index in [1.54, 1.807) is 18.2 Å². The first kappa shape index (κ1) is 15.4. The van der Waals surface area contributed by atoms with Crippen molar-refractivity contribution in [3.63, 3.8) is 0 Å². The van der Waals surface area contributed by atoms with E-state index in [4.69, 9.17) is 15.2 Å². The van der Waals surface area contributed by atoms with E-state index in [0.717, 1.165) is 3.57 Å². The zero-order valence-corrected chi connectivity index (χ0v) is 13.8. The third-order valence-corrected chi connectivity index (χ3v) is 3.86. The molecular formula is C15H15IN2O3. The van der Waals surface area contributed by atoms with E-state index in [1.165, 1.54) is 14.2 Å². The Labute approximate surface area is 136 Å². The maximum absolute atomic E-state index is 12.3. The number of ether oxygens (including phenoxy) is 2. The van der Waals surface area contributed by atoms with Gasteiger partial charge in [0.1, 0.15) is 0 Å². The molecule has 0 saturated carbocycles. The van der Waals surface area contributed by atoms with Crippen LogP contribution in [0.5, 0.6) is 11.5 Å². The van der Waals surface area contributed by atoms with Gasteiger partial charge in [0.05, 0.1) is 31.2 Å². The summed E-state index contributed by atoms with van der Waals surface area (Å²) in [7, 11) is 3.06. The summed E-state index contributed by atoms with van der Waals surface area (Å²) < 4.78 is 11.2. The molecule has 110 valence electrons. The molecule has 0 bridgehead atoms. The van der Waals surface area contributed by atoms with E-state index < -0.39 is 0 Å². The van der Waals surface area contributed by atoms with Crippen LogP contribution in [-0.4, -0.2) is 20.1 Å². The molecule has 5 nitrogen and oxygen atoms in total. The van der Waals surface area contributed by atoms with Crippen LogP contribution in [0.2, 0.25) is 0 Å². The second kappa shape index (κ2) is 6.66. The number of nitrogens with two attached hydrogens (primary N) is 1. The highest BCUT2D eigenvalue weighted by Crippen LogP contribution is 2.35.